The van der Waals surface area contributed by atoms with Gasteiger partial charge in [0.1, 0.15) is 6.10 Å². The maximum absolute atomic E-state index is 14.5. The van der Waals surface area contributed by atoms with Crippen LogP contribution in [0.1, 0.15) is 18.6 Å². The minimum atomic E-state index is -1.23. The second-order valence-corrected chi connectivity index (χ2v) is 8.45. The Labute approximate surface area is 184 Å². The van der Waals surface area contributed by atoms with Gasteiger partial charge in [0.2, 0.25) is 0 Å². The number of nitrogens with one attached hydrogen (secondary N) is 1. The summed E-state index contributed by atoms with van der Waals surface area (Å²) in [5, 5.41) is 22.1. The van der Waals surface area contributed by atoms with Crippen LogP contribution in [0.4, 0.5) is 28.9 Å². The molecule has 1 fully saturated rings. The first-order valence-electron chi connectivity index (χ1n) is 9.81. The zero-order valence-electron chi connectivity index (χ0n) is 16.9. The van der Waals surface area contributed by atoms with Crippen LogP contribution in [0.25, 0.3) is 10.2 Å². The summed E-state index contributed by atoms with van der Waals surface area (Å²) in [7, 11) is 0. The highest BCUT2D eigenvalue weighted by molar-refractivity contribution is 7.22. The molecule has 0 aliphatic carbocycles. The van der Waals surface area contributed by atoms with Gasteiger partial charge in [-0.1, -0.05) is 11.3 Å². The fourth-order valence-electron chi connectivity index (χ4n) is 3.39. The summed E-state index contributed by atoms with van der Waals surface area (Å²) in [4.78, 5) is 23.9. The topological polar surface area (TPSA) is 102 Å². The van der Waals surface area contributed by atoms with Crippen LogP contribution >= 0.6 is 11.3 Å². The van der Waals surface area contributed by atoms with Gasteiger partial charge in [0.05, 0.1) is 16.3 Å². The number of aromatic nitrogens is 2. The number of anilines is 2. The lowest BCUT2D eigenvalue weighted by molar-refractivity contribution is 0.0301. The highest BCUT2D eigenvalue weighted by Crippen LogP contribution is 2.28. The first kappa shape index (κ1) is 22.2. The average Bonchev–Trinajstić information content (AvgIpc) is 3.14. The van der Waals surface area contributed by atoms with Gasteiger partial charge in [0.15, 0.2) is 28.4 Å². The number of aliphatic hydroxyl groups excluding tert-OH is 2. The molecule has 3 aromatic rings. The summed E-state index contributed by atoms with van der Waals surface area (Å²) in [5.74, 6) is -2.52. The monoisotopic (exact) mass is 467 g/mol. The second kappa shape index (κ2) is 8.88. The maximum Gasteiger partial charge on any atom is 0.323 e. The molecule has 8 nitrogen and oxygen atoms in total. The number of thiazole rings is 1. The lowest BCUT2D eigenvalue weighted by atomic mass is 10.1. The molecule has 32 heavy (non-hydrogen) atoms. The Morgan fingerprint density at radius 2 is 1.78 bits per heavy atom. The highest BCUT2D eigenvalue weighted by atomic mass is 32.1. The number of fused-ring (bicyclic) bond motifs is 1. The standard InChI is InChI=1S/C20H20F3N5O3S/c1-10(29)17(30)11-6-14(23)18(24-9-11)27-2-4-28(5-3-27)20(31)26-19-25-15-7-12(21)13(22)8-16(15)32-19/h6-10,17,29-30H,2-5H2,1H3,(H,25,26,31)/t10-,17+/m1/s1. The Balaban J connectivity index is 1.38. The van der Waals surface area contributed by atoms with Gasteiger partial charge in [0, 0.05) is 44.0 Å². The van der Waals surface area contributed by atoms with Gasteiger partial charge in [-0.25, -0.2) is 27.9 Å². The minimum absolute atomic E-state index is 0.0989. The van der Waals surface area contributed by atoms with Gasteiger partial charge in [0.25, 0.3) is 0 Å². The number of pyridine rings is 1. The van der Waals surface area contributed by atoms with E-state index in [2.05, 4.69) is 15.3 Å². The van der Waals surface area contributed by atoms with E-state index in [0.717, 1.165) is 29.5 Å². The smallest absolute Gasteiger partial charge is 0.323 e. The predicted molar refractivity (Wildman–Crippen MR) is 113 cm³/mol. The van der Waals surface area contributed by atoms with Crippen molar-refractivity contribution in [2.75, 3.05) is 36.4 Å². The normalized spacial score (nSPS) is 16.3. The van der Waals surface area contributed by atoms with Crippen molar-refractivity contribution in [3.8, 4) is 0 Å². The second-order valence-electron chi connectivity index (χ2n) is 7.42. The van der Waals surface area contributed by atoms with Crippen LogP contribution in [0.2, 0.25) is 0 Å². The van der Waals surface area contributed by atoms with Crippen LogP contribution in [0.15, 0.2) is 24.4 Å². The number of halogens is 3. The summed E-state index contributed by atoms with van der Waals surface area (Å²) < 4.78 is 41.6. The van der Waals surface area contributed by atoms with Crippen molar-refractivity contribution < 1.29 is 28.2 Å². The number of carbonyl (C=O) groups is 1. The molecule has 0 radical (unpaired) electrons. The lowest BCUT2D eigenvalue weighted by Gasteiger charge is -2.35. The molecule has 0 spiro atoms. The molecule has 2 amide bonds. The molecule has 2 atom stereocenters. The van der Waals surface area contributed by atoms with Gasteiger partial charge in [-0.2, -0.15) is 0 Å². The van der Waals surface area contributed by atoms with E-state index in [0.29, 0.717) is 30.9 Å². The summed E-state index contributed by atoms with van der Waals surface area (Å²) >= 11 is 1.03. The summed E-state index contributed by atoms with van der Waals surface area (Å²) in [6.07, 6.45) is -0.979. The molecule has 4 rings (SSSR count). The Morgan fingerprint density at radius 1 is 1.09 bits per heavy atom. The van der Waals surface area contributed by atoms with E-state index in [1.165, 1.54) is 18.0 Å². The Morgan fingerprint density at radius 3 is 2.44 bits per heavy atom. The average molecular weight is 467 g/mol. The SMILES string of the molecule is C[C@@H](O)[C@H](O)c1cnc(N2CCN(C(=O)Nc3nc4cc(F)c(F)cc4s3)CC2)c(F)c1. The van der Waals surface area contributed by atoms with Crippen molar-refractivity contribution in [2.45, 2.75) is 19.1 Å². The fourth-order valence-corrected chi connectivity index (χ4v) is 4.25. The first-order chi connectivity index (χ1) is 15.2. The molecular formula is C20H20F3N5O3S. The molecular weight excluding hydrogens is 447 g/mol. The Hall–Kier alpha value is -2.96. The van der Waals surface area contributed by atoms with Crippen LogP contribution < -0.4 is 10.2 Å². The molecule has 1 aliphatic heterocycles. The molecule has 1 aliphatic rings. The molecule has 170 valence electrons. The number of hydrogen-bond donors (Lipinski definition) is 3. The third kappa shape index (κ3) is 4.47. The number of rotatable bonds is 4. The molecule has 12 heteroatoms. The Bertz CT molecular complexity index is 1110. The van der Waals surface area contributed by atoms with E-state index in [4.69, 9.17) is 0 Å². The third-order valence-corrected chi connectivity index (χ3v) is 6.09. The van der Waals surface area contributed by atoms with Crippen molar-refractivity contribution >= 4 is 38.5 Å². The van der Waals surface area contributed by atoms with Crippen molar-refractivity contribution in [3.05, 3.63) is 47.4 Å². The first-order valence-corrected chi connectivity index (χ1v) is 10.6. The number of benzene rings is 1. The fraction of sp³-hybridized carbons (Fsp3) is 0.350. The van der Waals surface area contributed by atoms with Crippen LogP contribution in [0.3, 0.4) is 0 Å². The zero-order valence-corrected chi connectivity index (χ0v) is 17.7. The van der Waals surface area contributed by atoms with Gasteiger partial charge < -0.3 is 20.0 Å². The molecule has 1 aromatic carbocycles. The third-order valence-electron chi connectivity index (χ3n) is 5.15. The summed E-state index contributed by atoms with van der Waals surface area (Å²) in [6, 6.07) is 2.72. The lowest BCUT2D eigenvalue weighted by Crippen LogP contribution is -2.50. The molecule has 0 unspecified atom stereocenters. The van der Waals surface area contributed by atoms with Gasteiger partial charge >= 0.3 is 6.03 Å². The summed E-state index contributed by atoms with van der Waals surface area (Å²) in [6.45, 7) is 2.63. The Kier molecular flexibility index (Phi) is 6.17. The van der Waals surface area contributed by atoms with Gasteiger partial charge in [-0.3, -0.25) is 5.32 Å². The number of nitrogens with zero attached hydrogens (tertiary/aromatic N) is 4. The van der Waals surface area contributed by atoms with E-state index in [9.17, 15) is 28.2 Å². The molecule has 0 saturated carbocycles. The quantitative estimate of drug-likeness (QED) is 0.546. The zero-order chi connectivity index (χ0) is 23.0. The number of aliphatic hydroxyl groups is 2. The number of hydrogen-bond acceptors (Lipinski definition) is 7. The van der Waals surface area contributed by atoms with Gasteiger partial charge in [-0.05, 0) is 19.1 Å². The predicted octanol–water partition coefficient (Wildman–Crippen LogP) is 2.88. The molecule has 3 N–H and O–H groups in total. The van der Waals surface area contributed by atoms with Crippen LogP contribution in [-0.4, -0.2) is 63.4 Å². The van der Waals surface area contributed by atoms with Crippen LogP contribution in [0, 0.1) is 17.5 Å². The van der Waals surface area contributed by atoms with E-state index < -0.39 is 35.7 Å². The van der Waals surface area contributed by atoms with Crippen molar-refractivity contribution in [3.63, 3.8) is 0 Å². The highest BCUT2D eigenvalue weighted by Gasteiger charge is 2.25. The van der Waals surface area contributed by atoms with E-state index in [1.807, 2.05) is 0 Å². The van der Waals surface area contributed by atoms with Crippen LogP contribution in [0.5, 0.6) is 0 Å². The largest absolute Gasteiger partial charge is 0.390 e. The van der Waals surface area contributed by atoms with Crippen molar-refractivity contribution in [1.29, 1.82) is 0 Å². The summed E-state index contributed by atoms with van der Waals surface area (Å²) in [5.41, 5.74) is 0.426. The number of piperazine rings is 1. The molecule has 1 saturated heterocycles. The number of amides is 2. The molecule has 3 heterocycles. The molecule has 0 bridgehead atoms. The molecule has 2 aromatic heterocycles. The van der Waals surface area contributed by atoms with Crippen molar-refractivity contribution in [2.24, 2.45) is 0 Å². The number of urea groups is 1. The number of carbonyl (C=O) groups excluding carboxylic acids is 1. The van der Waals surface area contributed by atoms with Gasteiger partial charge in [-0.15, -0.1) is 0 Å². The van der Waals surface area contributed by atoms with Crippen molar-refractivity contribution in [1.82, 2.24) is 14.9 Å². The minimum Gasteiger partial charge on any atom is -0.390 e. The van der Waals surface area contributed by atoms with E-state index in [1.54, 1.807) is 4.90 Å². The van der Waals surface area contributed by atoms with E-state index >= 15 is 0 Å². The van der Waals surface area contributed by atoms with Crippen LogP contribution in [-0.2, 0) is 0 Å². The van der Waals surface area contributed by atoms with E-state index in [-0.39, 0.29) is 22.0 Å². The maximum atomic E-state index is 14.5.